The Bertz CT molecular complexity index is 748. The van der Waals surface area contributed by atoms with Crippen LogP contribution < -0.4 is 5.32 Å². The Balaban J connectivity index is 2.15. The largest absolute Gasteiger partial charge is 0.478 e. The highest BCUT2D eigenvalue weighted by Gasteiger charge is 2.10. The summed E-state index contributed by atoms with van der Waals surface area (Å²) in [6.07, 6.45) is 3.13. The number of carbonyl (C=O) groups excluding carboxylic acids is 1. The average Bonchev–Trinajstić information content (AvgIpc) is 2.49. The maximum atomic E-state index is 12.0. The van der Waals surface area contributed by atoms with Gasteiger partial charge in [-0.1, -0.05) is 30.3 Å². The molecule has 0 atom stereocenters. The second kappa shape index (κ2) is 6.72. The lowest BCUT2D eigenvalue weighted by atomic mass is 10.0. The Morgan fingerprint density at radius 3 is 2.50 bits per heavy atom. The highest BCUT2D eigenvalue weighted by atomic mass is 16.4. The van der Waals surface area contributed by atoms with E-state index < -0.39 is 5.97 Å². The average molecular weight is 295 g/mol. The van der Waals surface area contributed by atoms with Gasteiger partial charge in [0.2, 0.25) is 5.91 Å². The van der Waals surface area contributed by atoms with Crippen LogP contribution in [0, 0.1) is 13.8 Å². The lowest BCUT2D eigenvalue weighted by Gasteiger charge is -2.06. The molecule has 4 heteroatoms. The number of rotatable bonds is 4. The van der Waals surface area contributed by atoms with Crippen molar-refractivity contribution in [2.24, 2.45) is 0 Å². The van der Waals surface area contributed by atoms with Crippen molar-refractivity contribution in [2.75, 3.05) is 5.32 Å². The van der Waals surface area contributed by atoms with Crippen LogP contribution in [0.3, 0.4) is 0 Å². The molecule has 1 amide bonds. The highest BCUT2D eigenvalue weighted by molar-refractivity contribution is 6.06. The van der Waals surface area contributed by atoms with Crippen molar-refractivity contribution in [1.29, 1.82) is 0 Å². The van der Waals surface area contributed by atoms with Crippen LogP contribution in [0.25, 0.3) is 6.08 Å². The number of carboxylic acids is 1. The Morgan fingerprint density at radius 1 is 1.05 bits per heavy atom. The second-order valence-electron chi connectivity index (χ2n) is 4.96. The van der Waals surface area contributed by atoms with Gasteiger partial charge in [-0.15, -0.1) is 0 Å². The van der Waals surface area contributed by atoms with Crippen LogP contribution in [0.5, 0.6) is 0 Å². The summed E-state index contributed by atoms with van der Waals surface area (Å²) in [6.45, 7) is 4.00. The first-order valence-electron chi connectivity index (χ1n) is 6.86. The van der Waals surface area contributed by atoms with Crippen LogP contribution in [-0.2, 0) is 4.79 Å². The van der Waals surface area contributed by atoms with Gasteiger partial charge < -0.3 is 10.4 Å². The molecular formula is C18H17NO3. The standard InChI is InChI=1S/C18H17NO3/c1-12-6-5-7-14(13(12)2)10-11-17(20)19-16-9-4-3-8-15(16)18(21)22/h3-11H,1-2H3,(H,19,20)(H,21,22)/b11-10+. The van der Waals surface area contributed by atoms with Gasteiger partial charge in [-0.05, 0) is 48.7 Å². The number of amides is 1. The molecule has 0 radical (unpaired) electrons. The topological polar surface area (TPSA) is 66.4 Å². The van der Waals surface area contributed by atoms with Crippen LogP contribution >= 0.6 is 0 Å². The van der Waals surface area contributed by atoms with E-state index >= 15 is 0 Å². The fourth-order valence-electron chi connectivity index (χ4n) is 2.07. The van der Waals surface area contributed by atoms with Crippen molar-refractivity contribution in [3.05, 3.63) is 70.8 Å². The van der Waals surface area contributed by atoms with Crippen molar-refractivity contribution < 1.29 is 14.7 Å². The maximum absolute atomic E-state index is 12.0. The molecule has 0 saturated carbocycles. The summed E-state index contributed by atoms with van der Waals surface area (Å²) in [5, 5.41) is 11.7. The molecule has 2 N–H and O–H groups in total. The van der Waals surface area contributed by atoms with E-state index in [0.29, 0.717) is 0 Å². The van der Waals surface area contributed by atoms with Crippen LogP contribution in [0.2, 0.25) is 0 Å². The molecule has 22 heavy (non-hydrogen) atoms. The maximum Gasteiger partial charge on any atom is 0.337 e. The summed E-state index contributed by atoms with van der Waals surface area (Å²) in [4.78, 5) is 23.1. The number of benzene rings is 2. The van der Waals surface area contributed by atoms with E-state index in [1.165, 1.54) is 12.1 Å². The molecule has 2 aromatic carbocycles. The molecule has 4 nitrogen and oxygen atoms in total. The first kappa shape index (κ1) is 15.5. The predicted molar refractivity (Wildman–Crippen MR) is 87.0 cm³/mol. The number of para-hydroxylation sites is 1. The molecule has 0 aliphatic carbocycles. The summed E-state index contributed by atoms with van der Waals surface area (Å²) in [7, 11) is 0. The molecule has 112 valence electrons. The number of nitrogens with one attached hydrogen (secondary N) is 1. The summed E-state index contributed by atoms with van der Waals surface area (Å²) in [5.74, 6) is -1.44. The van der Waals surface area contributed by atoms with Gasteiger partial charge in [-0.3, -0.25) is 4.79 Å². The van der Waals surface area contributed by atoms with Gasteiger partial charge in [0.15, 0.2) is 0 Å². The fourth-order valence-corrected chi connectivity index (χ4v) is 2.07. The quantitative estimate of drug-likeness (QED) is 0.846. The van der Waals surface area contributed by atoms with Crippen molar-refractivity contribution in [1.82, 2.24) is 0 Å². The van der Waals surface area contributed by atoms with Crippen LogP contribution in [0.1, 0.15) is 27.0 Å². The number of aromatic carboxylic acids is 1. The fraction of sp³-hybridized carbons (Fsp3) is 0.111. The minimum Gasteiger partial charge on any atom is -0.478 e. The van der Waals surface area contributed by atoms with Gasteiger partial charge >= 0.3 is 5.97 Å². The number of hydrogen-bond donors (Lipinski definition) is 2. The molecule has 0 aliphatic rings. The van der Waals surface area contributed by atoms with E-state index in [1.807, 2.05) is 32.0 Å². The summed E-state index contributed by atoms with van der Waals surface area (Å²) in [5.41, 5.74) is 3.57. The van der Waals surface area contributed by atoms with E-state index in [9.17, 15) is 9.59 Å². The van der Waals surface area contributed by atoms with E-state index in [0.717, 1.165) is 16.7 Å². The highest BCUT2D eigenvalue weighted by Crippen LogP contribution is 2.16. The zero-order chi connectivity index (χ0) is 16.1. The van der Waals surface area contributed by atoms with Gasteiger partial charge in [0.1, 0.15) is 0 Å². The van der Waals surface area contributed by atoms with Gasteiger partial charge in [-0.2, -0.15) is 0 Å². The molecule has 0 spiro atoms. The molecule has 0 aromatic heterocycles. The molecule has 0 bridgehead atoms. The summed E-state index contributed by atoms with van der Waals surface area (Å²) < 4.78 is 0. The third-order valence-electron chi connectivity index (χ3n) is 3.48. The summed E-state index contributed by atoms with van der Waals surface area (Å²) >= 11 is 0. The lowest BCUT2D eigenvalue weighted by Crippen LogP contribution is -2.11. The lowest BCUT2D eigenvalue weighted by molar-refractivity contribution is -0.111. The molecular weight excluding hydrogens is 278 g/mol. The molecule has 0 fully saturated rings. The van der Waals surface area contributed by atoms with Crippen molar-refractivity contribution in [3.63, 3.8) is 0 Å². The minimum absolute atomic E-state index is 0.0657. The Hall–Kier alpha value is -2.88. The van der Waals surface area contributed by atoms with Gasteiger partial charge in [0.25, 0.3) is 0 Å². The zero-order valence-corrected chi connectivity index (χ0v) is 12.5. The zero-order valence-electron chi connectivity index (χ0n) is 12.5. The van der Waals surface area contributed by atoms with E-state index in [2.05, 4.69) is 5.32 Å². The molecule has 0 unspecified atom stereocenters. The monoisotopic (exact) mass is 295 g/mol. The number of hydrogen-bond acceptors (Lipinski definition) is 2. The Labute approximate surface area is 129 Å². The van der Waals surface area contributed by atoms with Gasteiger partial charge in [-0.25, -0.2) is 4.79 Å². The van der Waals surface area contributed by atoms with Crippen molar-refractivity contribution in [3.8, 4) is 0 Å². The normalized spacial score (nSPS) is 10.6. The molecule has 2 rings (SSSR count). The SMILES string of the molecule is Cc1cccc(/C=C/C(=O)Nc2ccccc2C(=O)O)c1C. The van der Waals surface area contributed by atoms with Crippen molar-refractivity contribution in [2.45, 2.75) is 13.8 Å². The molecule has 2 aromatic rings. The third-order valence-corrected chi connectivity index (χ3v) is 3.48. The van der Waals surface area contributed by atoms with Crippen LogP contribution in [-0.4, -0.2) is 17.0 Å². The number of carboxylic acid groups (broad SMARTS) is 1. The molecule has 0 heterocycles. The van der Waals surface area contributed by atoms with Gasteiger partial charge in [0, 0.05) is 6.08 Å². The minimum atomic E-state index is -1.07. The number of carbonyl (C=O) groups is 2. The molecule has 0 saturated heterocycles. The predicted octanol–water partition coefficient (Wildman–Crippen LogP) is 3.65. The number of anilines is 1. The first-order chi connectivity index (χ1) is 10.5. The van der Waals surface area contributed by atoms with Crippen molar-refractivity contribution >= 4 is 23.6 Å². The van der Waals surface area contributed by atoms with E-state index in [1.54, 1.807) is 24.3 Å². The Kier molecular flexibility index (Phi) is 4.73. The number of aryl methyl sites for hydroxylation is 1. The third kappa shape index (κ3) is 3.61. The Morgan fingerprint density at radius 2 is 1.77 bits per heavy atom. The van der Waals surface area contributed by atoms with E-state index in [-0.39, 0.29) is 17.2 Å². The molecule has 0 aliphatic heterocycles. The first-order valence-corrected chi connectivity index (χ1v) is 6.86. The summed E-state index contributed by atoms with van der Waals surface area (Å²) in [6, 6.07) is 12.2. The van der Waals surface area contributed by atoms with Gasteiger partial charge in [0.05, 0.1) is 11.3 Å². The smallest absolute Gasteiger partial charge is 0.337 e. The second-order valence-corrected chi connectivity index (χ2v) is 4.96. The van der Waals surface area contributed by atoms with Crippen LogP contribution in [0.15, 0.2) is 48.5 Å². The van der Waals surface area contributed by atoms with Crippen LogP contribution in [0.4, 0.5) is 5.69 Å². The van der Waals surface area contributed by atoms with E-state index in [4.69, 9.17) is 5.11 Å².